The summed E-state index contributed by atoms with van der Waals surface area (Å²) in [5, 5.41) is 18.3. The van der Waals surface area contributed by atoms with Crippen LogP contribution >= 0.6 is 11.6 Å². The third-order valence-corrected chi connectivity index (χ3v) is 3.88. The van der Waals surface area contributed by atoms with Crippen LogP contribution in [0.4, 0.5) is 5.69 Å². The number of carboxylic acids is 2. The Morgan fingerprint density at radius 2 is 1.64 bits per heavy atom. The third kappa shape index (κ3) is 9.69. The van der Waals surface area contributed by atoms with E-state index < -0.39 is 11.9 Å². The molecule has 1 aromatic rings. The number of aliphatic carboxylic acids is 2. The molecule has 0 unspecified atom stereocenters. The Morgan fingerprint density at radius 1 is 1.04 bits per heavy atom. The lowest BCUT2D eigenvalue weighted by atomic mass is 10.2. The van der Waals surface area contributed by atoms with Crippen LogP contribution in [0.15, 0.2) is 24.3 Å². The molecule has 25 heavy (non-hydrogen) atoms. The number of hydrogen-bond donors (Lipinski definition) is 3. The lowest BCUT2D eigenvalue weighted by Crippen LogP contribution is -2.28. The molecule has 0 aromatic heterocycles. The first-order valence-corrected chi connectivity index (χ1v) is 8.50. The molecular formula is C17H23ClN2O5. The number of anilines is 1. The maximum atomic E-state index is 11.9. The quantitative estimate of drug-likeness (QED) is 0.703. The molecule has 0 saturated carbocycles. The number of nitrogens with zero attached hydrogens (tertiary/aromatic N) is 1. The van der Waals surface area contributed by atoms with Crippen molar-refractivity contribution in [2.24, 2.45) is 0 Å². The van der Waals surface area contributed by atoms with Crippen molar-refractivity contribution in [1.29, 1.82) is 0 Å². The van der Waals surface area contributed by atoms with E-state index in [4.69, 9.17) is 31.4 Å². The first-order chi connectivity index (χ1) is 11.9. The zero-order valence-electron chi connectivity index (χ0n) is 13.9. The van der Waals surface area contributed by atoms with Gasteiger partial charge in [-0.2, -0.15) is 0 Å². The number of rotatable bonds is 4. The highest BCUT2D eigenvalue weighted by Crippen LogP contribution is 2.15. The number of carboxylic acid groups (broad SMARTS) is 2. The standard InChI is InChI=1S/C15H21ClN2O.C2H2O4/c16-13-6-5-7-14(12-13)17-15(19)8-11-18-9-3-1-2-4-10-18;3-1(4)2(5)6/h5-7,12H,1-4,8-11H2,(H,17,19);(H,3,4)(H,5,6). The van der Waals surface area contributed by atoms with Gasteiger partial charge in [0.2, 0.25) is 5.91 Å². The highest BCUT2D eigenvalue weighted by molar-refractivity contribution is 6.30. The minimum Gasteiger partial charge on any atom is -0.473 e. The van der Waals surface area contributed by atoms with E-state index in [0.717, 1.165) is 25.3 Å². The fourth-order valence-electron chi connectivity index (χ4n) is 2.41. The Labute approximate surface area is 151 Å². The highest BCUT2D eigenvalue weighted by atomic mass is 35.5. The average molecular weight is 371 g/mol. The summed E-state index contributed by atoms with van der Waals surface area (Å²) in [5.74, 6) is -3.59. The topological polar surface area (TPSA) is 107 Å². The molecule has 1 aliphatic heterocycles. The minimum atomic E-state index is -1.82. The number of halogens is 1. The molecule has 7 nitrogen and oxygen atoms in total. The summed E-state index contributed by atoms with van der Waals surface area (Å²) in [6.45, 7) is 3.11. The Bertz CT molecular complexity index is 574. The van der Waals surface area contributed by atoms with Crippen molar-refractivity contribution in [1.82, 2.24) is 4.90 Å². The van der Waals surface area contributed by atoms with E-state index in [1.54, 1.807) is 12.1 Å². The van der Waals surface area contributed by atoms with E-state index in [9.17, 15) is 4.79 Å². The summed E-state index contributed by atoms with van der Waals surface area (Å²) >= 11 is 5.89. The molecular weight excluding hydrogens is 348 g/mol. The summed E-state index contributed by atoms with van der Waals surface area (Å²) in [6, 6.07) is 7.27. The van der Waals surface area contributed by atoms with E-state index in [-0.39, 0.29) is 5.91 Å². The lowest BCUT2D eigenvalue weighted by molar-refractivity contribution is -0.159. The number of hydrogen-bond acceptors (Lipinski definition) is 4. The van der Waals surface area contributed by atoms with Gasteiger partial charge in [0.25, 0.3) is 0 Å². The van der Waals surface area contributed by atoms with Crippen LogP contribution in [0.2, 0.25) is 5.02 Å². The fraction of sp³-hybridized carbons (Fsp3) is 0.471. The maximum Gasteiger partial charge on any atom is 0.414 e. The Kier molecular flexibility index (Phi) is 9.57. The van der Waals surface area contributed by atoms with E-state index >= 15 is 0 Å². The molecule has 1 aromatic carbocycles. The minimum absolute atomic E-state index is 0.0616. The van der Waals surface area contributed by atoms with Gasteiger partial charge in [-0.1, -0.05) is 30.5 Å². The molecule has 1 fully saturated rings. The Hall–Kier alpha value is -2.12. The SMILES string of the molecule is O=C(CCN1CCCCCC1)Nc1cccc(Cl)c1.O=C(O)C(=O)O. The number of amides is 1. The van der Waals surface area contributed by atoms with Crippen LogP contribution in [0.5, 0.6) is 0 Å². The zero-order chi connectivity index (χ0) is 18.7. The van der Waals surface area contributed by atoms with Crippen LogP contribution in [0, 0.1) is 0 Å². The highest BCUT2D eigenvalue weighted by Gasteiger charge is 2.11. The van der Waals surface area contributed by atoms with Crippen molar-refractivity contribution in [3.05, 3.63) is 29.3 Å². The second kappa shape index (κ2) is 11.4. The van der Waals surface area contributed by atoms with Gasteiger partial charge in [0.15, 0.2) is 0 Å². The van der Waals surface area contributed by atoms with Crippen molar-refractivity contribution in [2.75, 3.05) is 25.0 Å². The molecule has 0 atom stereocenters. The van der Waals surface area contributed by atoms with E-state index in [2.05, 4.69) is 10.2 Å². The molecule has 1 amide bonds. The van der Waals surface area contributed by atoms with Crippen LogP contribution in [0.1, 0.15) is 32.1 Å². The second-order valence-corrected chi connectivity index (χ2v) is 6.11. The van der Waals surface area contributed by atoms with E-state index in [0.29, 0.717) is 11.4 Å². The lowest BCUT2D eigenvalue weighted by Gasteiger charge is -2.19. The normalized spacial score (nSPS) is 14.6. The predicted molar refractivity (Wildman–Crippen MR) is 94.9 cm³/mol. The summed E-state index contributed by atoms with van der Waals surface area (Å²) in [5.41, 5.74) is 0.772. The van der Waals surface area contributed by atoms with Crippen molar-refractivity contribution in [3.63, 3.8) is 0 Å². The largest absolute Gasteiger partial charge is 0.473 e. The molecule has 0 bridgehead atoms. The summed E-state index contributed by atoms with van der Waals surface area (Å²) in [6.07, 6.45) is 5.72. The van der Waals surface area contributed by atoms with Gasteiger partial charge in [-0.25, -0.2) is 9.59 Å². The molecule has 1 heterocycles. The van der Waals surface area contributed by atoms with E-state index in [1.807, 2.05) is 12.1 Å². The van der Waals surface area contributed by atoms with Gasteiger partial charge in [-0.05, 0) is 44.1 Å². The number of likely N-dealkylation sites (tertiary alicyclic amines) is 1. The van der Waals surface area contributed by atoms with Crippen molar-refractivity contribution < 1.29 is 24.6 Å². The van der Waals surface area contributed by atoms with E-state index in [1.165, 1.54) is 25.7 Å². The molecule has 1 saturated heterocycles. The zero-order valence-corrected chi connectivity index (χ0v) is 14.7. The van der Waals surface area contributed by atoms with Crippen molar-refractivity contribution in [2.45, 2.75) is 32.1 Å². The molecule has 3 N–H and O–H groups in total. The molecule has 138 valence electrons. The third-order valence-electron chi connectivity index (χ3n) is 3.65. The maximum absolute atomic E-state index is 11.9. The number of carbonyl (C=O) groups is 3. The first-order valence-electron chi connectivity index (χ1n) is 8.12. The summed E-state index contributed by atoms with van der Waals surface area (Å²) in [4.78, 5) is 32.5. The van der Waals surface area contributed by atoms with Crippen LogP contribution < -0.4 is 5.32 Å². The second-order valence-electron chi connectivity index (χ2n) is 5.67. The average Bonchev–Trinajstić information content (AvgIpc) is 2.82. The fourth-order valence-corrected chi connectivity index (χ4v) is 2.60. The molecule has 0 aliphatic carbocycles. The van der Waals surface area contributed by atoms with Crippen LogP contribution in [0.25, 0.3) is 0 Å². The molecule has 8 heteroatoms. The van der Waals surface area contributed by atoms with Crippen LogP contribution in [-0.2, 0) is 14.4 Å². The van der Waals surface area contributed by atoms with Gasteiger partial charge < -0.3 is 20.4 Å². The van der Waals surface area contributed by atoms with Gasteiger partial charge in [-0.15, -0.1) is 0 Å². The number of benzene rings is 1. The Balaban J connectivity index is 0.000000450. The summed E-state index contributed by atoms with van der Waals surface area (Å²) in [7, 11) is 0. The van der Waals surface area contributed by atoms with Crippen LogP contribution in [-0.4, -0.2) is 52.6 Å². The van der Waals surface area contributed by atoms with Crippen molar-refractivity contribution >= 4 is 35.1 Å². The van der Waals surface area contributed by atoms with Crippen LogP contribution in [0.3, 0.4) is 0 Å². The molecule has 1 aliphatic rings. The van der Waals surface area contributed by atoms with Gasteiger partial charge in [0, 0.05) is 23.7 Å². The van der Waals surface area contributed by atoms with Gasteiger partial charge in [0.05, 0.1) is 0 Å². The molecule has 0 radical (unpaired) electrons. The number of carbonyl (C=O) groups excluding carboxylic acids is 1. The molecule has 2 rings (SSSR count). The number of nitrogens with one attached hydrogen (secondary N) is 1. The molecule has 0 spiro atoms. The monoisotopic (exact) mass is 370 g/mol. The first kappa shape index (κ1) is 20.9. The Morgan fingerprint density at radius 3 is 2.16 bits per heavy atom. The smallest absolute Gasteiger partial charge is 0.414 e. The van der Waals surface area contributed by atoms with Gasteiger partial charge >= 0.3 is 11.9 Å². The van der Waals surface area contributed by atoms with Crippen molar-refractivity contribution in [3.8, 4) is 0 Å². The van der Waals surface area contributed by atoms with Gasteiger partial charge in [0.1, 0.15) is 0 Å². The predicted octanol–water partition coefficient (Wildman–Crippen LogP) is 2.70. The summed E-state index contributed by atoms with van der Waals surface area (Å²) < 4.78 is 0. The van der Waals surface area contributed by atoms with Gasteiger partial charge in [-0.3, -0.25) is 4.79 Å².